The van der Waals surface area contributed by atoms with Gasteiger partial charge in [0.15, 0.2) is 0 Å². The molecule has 1 aromatic heterocycles. The van der Waals surface area contributed by atoms with Crippen LogP contribution < -0.4 is 4.72 Å². The van der Waals surface area contributed by atoms with Crippen molar-refractivity contribution in [3.8, 4) is 5.69 Å². The van der Waals surface area contributed by atoms with Crippen LogP contribution >= 0.6 is 0 Å². The van der Waals surface area contributed by atoms with E-state index in [1.54, 1.807) is 23.9 Å². The maximum Gasteiger partial charge on any atom is 0.294 e. The van der Waals surface area contributed by atoms with E-state index in [0.29, 0.717) is 17.0 Å². The molecule has 1 atom stereocenters. The lowest BCUT2D eigenvalue weighted by Crippen LogP contribution is -2.34. The molecule has 1 fully saturated rings. The van der Waals surface area contributed by atoms with Gasteiger partial charge in [0, 0.05) is 11.6 Å². The Morgan fingerprint density at radius 1 is 1.12 bits per heavy atom. The maximum absolute atomic E-state index is 12.0. The highest BCUT2D eigenvalue weighted by Gasteiger charge is 2.25. The van der Waals surface area contributed by atoms with Crippen LogP contribution in [0.15, 0.2) is 35.2 Å². The summed E-state index contributed by atoms with van der Waals surface area (Å²) < 4.78 is 16.4. The Morgan fingerprint density at radius 2 is 1.79 bits per heavy atom. The molecule has 1 aliphatic rings. The fraction of sp³-hybridized carbons (Fsp3) is 0.550. The molecule has 2 aromatic rings. The third kappa shape index (κ3) is 7.20. The summed E-state index contributed by atoms with van der Waals surface area (Å²) >= 11 is 0. The molecule has 1 saturated heterocycles. The first-order valence-corrected chi connectivity index (χ1v) is 12.1. The Bertz CT molecular complexity index is 992. The van der Waals surface area contributed by atoms with E-state index in [1.807, 2.05) is 18.2 Å². The summed E-state index contributed by atoms with van der Waals surface area (Å²) in [7, 11) is 0.315. The van der Waals surface area contributed by atoms with Gasteiger partial charge in [-0.3, -0.25) is 0 Å². The van der Waals surface area contributed by atoms with E-state index in [-0.39, 0.29) is 19.1 Å². The van der Waals surface area contributed by atoms with E-state index in [4.69, 9.17) is 0 Å². The van der Waals surface area contributed by atoms with Crippen LogP contribution in [0.4, 0.5) is 0 Å². The summed E-state index contributed by atoms with van der Waals surface area (Å²) in [5.74, 6) is 0.206. The first kappa shape index (κ1) is 25.5. The van der Waals surface area contributed by atoms with E-state index >= 15 is 0 Å². The fourth-order valence-electron chi connectivity index (χ4n) is 3.99. The second-order valence-corrected chi connectivity index (χ2v) is 9.23. The van der Waals surface area contributed by atoms with Crippen LogP contribution in [0.25, 0.3) is 5.69 Å². The molecule has 1 N–H and O–H groups in total. The Labute approximate surface area is 198 Å². The Kier molecular flexibility index (Phi) is 9.30. The summed E-state index contributed by atoms with van der Waals surface area (Å²) in [5.41, 5.74) is 2.18. The molecule has 13 nitrogen and oxygen atoms in total. The zero-order chi connectivity index (χ0) is 24.5. The molecule has 0 radical (unpaired) electrons. The second kappa shape index (κ2) is 12.4. The van der Waals surface area contributed by atoms with Crippen LogP contribution in [0.1, 0.15) is 43.0 Å². The summed E-state index contributed by atoms with van der Waals surface area (Å²) in [4.78, 5) is 32.7. The van der Waals surface area contributed by atoms with Crippen LogP contribution in [0.5, 0.6) is 0 Å². The molecule has 1 aromatic carbocycles. The Hall–Kier alpha value is -3.10. The molecule has 1 unspecified atom stereocenters. The highest BCUT2D eigenvalue weighted by Crippen LogP contribution is 2.31. The van der Waals surface area contributed by atoms with Crippen LogP contribution in [0, 0.1) is 20.2 Å². The summed E-state index contributed by atoms with van der Waals surface area (Å²) in [6.45, 7) is 2.46. The molecule has 0 spiro atoms. The van der Waals surface area contributed by atoms with Gasteiger partial charge in [0.1, 0.15) is 17.6 Å². The van der Waals surface area contributed by atoms with E-state index in [0.717, 1.165) is 50.3 Å². The number of nitrogens with one attached hydrogen (secondary N) is 1. The minimum absolute atomic E-state index is 0.109. The van der Waals surface area contributed by atoms with Crippen molar-refractivity contribution in [2.75, 3.05) is 33.3 Å². The number of hydrogen-bond donors (Lipinski definition) is 1. The van der Waals surface area contributed by atoms with Crippen molar-refractivity contribution in [1.29, 1.82) is 0 Å². The van der Waals surface area contributed by atoms with Gasteiger partial charge in [-0.1, -0.05) is 0 Å². The largest absolute Gasteiger partial charge is 0.314 e. The van der Waals surface area contributed by atoms with Crippen molar-refractivity contribution in [2.24, 2.45) is 0 Å². The number of unbranched alkanes of at least 4 members (excludes halogenated alkanes) is 1. The molecule has 3 rings (SSSR count). The quantitative estimate of drug-likeness (QED) is 0.249. The predicted molar refractivity (Wildman–Crippen MR) is 121 cm³/mol. The molecule has 14 heteroatoms. The maximum atomic E-state index is 12.0. The van der Waals surface area contributed by atoms with Crippen molar-refractivity contribution in [2.45, 2.75) is 43.1 Å². The molecular weight excluding hydrogens is 468 g/mol. The number of benzene rings is 1. The Balaban J connectivity index is 1.67. The molecule has 1 aliphatic heterocycles. The van der Waals surface area contributed by atoms with Gasteiger partial charge in [0.05, 0.1) is 22.9 Å². The normalized spacial score (nSPS) is 15.7. The van der Waals surface area contributed by atoms with Gasteiger partial charge in [0.25, 0.3) is 10.2 Å². The highest BCUT2D eigenvalue weighted by atomic mass is 32.2. The van der Waals surface area contributed by atoms with Gasteiger partial charge >= 0.3 is 0 Å². The van der Waals surface area contributed by atoms with Gasteiger partial charge in [-0.25, -0.2) is 13.6 Å². The zero-order valence-corrected chi connectivity index (χ0v) is 19.6. The summed E-state index contributed by atoms with van der Waals surface area (Å²) in [6, 6.07) is 9.00. The molecular formula is C20H28N6O7S. The predicted octanol–water partition coefficient (Wildman–Crippen LogP) is 1.99. The lowest BCUT2D eigenvalue weighted by atomic mass is 9.93. The summed E-state index contributed by atoms with van der Waals surface area (Å²) in [6.07, 6.45) is 3.21. The van der Waals surface area contributed by atoms with Crippen molar-refractivity contribution < 1.29 is 24.1 Å². The smallest absolute Gasteiger partial charge is 0.294 e. The minimum Gasteiger partial charge on any atom is -0.314 e. The number of likely N-dealkylation sites (tertiary alicyclic amines) is 1. The average Bonchev–Trinajstić information content (AvgIpc) is 3.26. The minimum atomic E-state index is -1.30. The average molecular weight is 497 g/mol. The SMILES string of the molecule is CNS(=O)c1ccc(-n2nc(CO[N+](=O)[O-])cc2C2CCN(CCCCO[N+](=O)[O-])CC2)cc1. The number of piperidine rings is 1. The van der Waals surface area contributed by atoms with Crippen LogP contribution in [-0.2, 0) is 27.3 Å². The van der Waals surface area contributed by atoms with Crippen LogP contribution in [0.2, 0.25) is 0 Å². The molecule has 0 amide bonds. The van der Waals surface area contributed by atoms with E-state index in [9.17, 15) is 24.4 Å². The molecule has 186 valence electrons. The van der Waals surface area contributed by atoms with Gasteiger partial charge in [-0.15, -0.1) is 20.2 Å². The van der Waals surface area contributed by atoms with Gasteiger partial charge in [-0.2, -0.15) is 5.10 Å². The second-order valence-electron chi connectivity index (χ2n) is 7.82. The lowest BCUT2D eigenvalue weighted by Gasteiger charge is -2.32. The Morgan fingerprint density at radius 3 is 2.41 bits per heavy atom. The van der Waals surface area contributed by atoms with E-state index in [2.05, 4.69) is 24.4 Å². The number of nitrogens with zero attached hydrogens (tertiary/aromatic N) is 5. The first-order valence-electron chi connectivity index (χ1n) is 10.9. The van der Waals surface area contributed by atoms with Gasteiger partial charge < -0.3 is 14.6 Å². The third-order valence-electron chi connectivity index (χ3n) is 5.66. The topological polar surface area (TPSA) is 155 Å². The number of rotatable bonds is 13. The monoisotopic (exact) mass is 496 g/mol. The number of hydrogen-bond acceptors (Lipinski definition) is 9. The van der Waals surface area contributed by atoms with E-state index < -0.39 is 21.2 Å². The highest BCUT2D eigenvalue weighted by molar-refractivity contribution is 7.83. The number of aromatic nitrogens is 2. The van der Waals surface area contributed by atoms with Gasteiger partial charge in [0.2, 0.25) is 0 Å². The standard InChI is InChI=1S/C20H28N6O7S/c1-21-34(31)19-6-4-18(5-7-19)24-20(14-17(22-24)15-33-26(29)30)16-8-11-23(12-9-16)10-2-3-13-32-25(27)28/h4-7,14,16,21H,2-3,8-13,15H2,1H3. The third-order valence-corrected chi connectivity index (χ3v) is 6.73. The first-order chi connectivity index (χ1) is 16.4. The molecule has 0 saturated carbocycles. The molecule has 34 heavy (non-hydrogen) atoms. The molecule has 2 heterocycles. The lowest BCUT2D eigenvalue weighted by molar-refractivity contribution is -0.763. The van der Waals surface area contributed by atoms with Crippen molar-refractivity contribution in [3.05, 3.63) is 61.9 Å². The van der Waals surface area contributed by atoms with Crippen molar-refractivity contribution in [1.82, 2.24) is 19.4 Å². The molecule has 0 aliphatic carbocycles. The molecule has 0 bridgehead atoms. The summed E-state index contributed by atoms with van der Waals surface area (Å²) in [5, 5.41) is 23.8. The van der Waals surface area contributed by atoms with Crippen molar-refractivity contribution in [3.63, 3.8) is 0 Å². The van der Waals surface area contributed by atoms with Crippen LogP contribution in [-0.4, -0.2) is 62.4 Å². The van der Waals surface area contributed by atoms with E-state index in [1.165, 1.54) is 0 Å². The fourth-order valence-corrected chi connectivity index (χ4v) is 4.61. The van der Waals surface area contributed by atoms with Crippen LogP contribution in [0.3, 0.4) is 0 Å². The zero-order valence-electron chi connectivity index (χ0n) is 18.8. The van der Waals surface area contributed by atoms with Gasteiger partial charge in [-0.05, 0) is 82.7 Å². The van der Waals surface area contributed by atoms with Crippen molar-refractivity contribution >= 4 is 11.0 Å².